The third-order valence-corrected chi connectivity index (χ3v) is 5.34. The van der Waals surface area contributed by atoms with E-state index in [0.29, 0.717) is 12.5 Å². The van der Waals surface area contributed by atoms with Gasteiger partial charge in [0.2, 0.25) is 5.88 Å². The lowest BCUT2D eigenvalue weighted by molar-refractivity contribution is 0.328. The zero-order valence-corrected chi connectivity index (χ0v) is 14.0. The molecule has 114 valence electrons. The number of aromatic nitrogens is 3. The molecule has 0 atom stereocenters. The minimum atomic E-state index is 0.560. The molecule has 3 heterocycles. The topological polar surface area (TPSA) is 47.9 Å². The monoisotopic (exact) mass is 339 g/mol. The van der Waals surface area contributed by atoms with E-state index in [1.165, 1.54) is 0 Å². The predicted molar refractivity (Wildman–Crippen MR) is 95.1 cm³/mol. The number of nitrogens with zero attached hydrogens (tertiary/aromatic N) is 3. The van der Waals surface area contributed by atoms with E-state index in [-0.39, 0.29) is 0 Å². The van der Waals surface area contributed by atoms with Crippen LogP contribution in [0.3, 0.4) is 0 Å². The number of ether oxygens (including phenoxy) is 1. The first-order chi connectivity index (χ1) is 11.3. The fraction of sp³-hybridized carbons (Fsp3) is 0.118. The Hall–Kier alpha value is -2.31. The van der Waals surface area contributed by atoms with Crippen molar-refractivity contribution < 1.29 is 4.74 Å². The summed E-state index contributed by atoms with van der Waals surface area (Å²) in [6.45, 7) is 2.51. The molecule has 4 aromatic rings. The summed E-state index contributed by atoms with van der Waals surface area (Å²) >= 11 is 3.29. The Kier molecular flexibility index (Phi) is 3.77. The molecule has 1 aromatic carbocycles. The van der Waals surface area contributed by atoms with Crippen LogP contribution < -0.4 is 4.74 Å². The number of thiophene rings is 1. The Labute approximate surface area is 141 Å². The number of fused-ring (bicyclic) bond motifs is 1. The van der Waals surface area contributed by atoms with E-state index in [4.69, 9.17) is 9.72 Å². The smallest absolute Gasteiger partial charge is 0.242 e. The first-order valence-electron chi connectivity index (χ1n) is 7.25. The summed E-state index contributed by atoms with van der Waals surface area (Å²) in [5.41, 5.74) is 2.50. The molecule has 4 nitrogen and oxygen atoms in total. The van der Waals surface area contributed by atoms with Crippen LogP contribution in [0.15, 0.2) is 48.0 Å². The van der Waals surface area contributed by atoms with Gasteiger partial charge in [-0.15, -0.1) is 22.7 Å². The molecule has 0 saturated heterocycles. The fourth-order valence-corrected chi connectivity index (χ4v) is 4.01. The minimum absolute atomic E-state index is 0.560. The van der Waals surface area contributed by atoms with Gasteiger partial charge in [0.1, 0.15) is 10.7 Å². The van der Waals surface area contributed by atoms with Crippen molar-refractivity contribution in [2.75, 3.05) is 6.61 Å². The second-order valence-electron chi connectivity index (χ2n) is 4.80. The average Bonchev–Trinajstić information content (AvgIpc) is 3.26. The second-order valence-corrected chi connectivity index (χ2v) is 6.78. The molecule has 4 rings (SSSR count). The normalized spacial score (nSPS) is 11.0. The van der Waals surface area contributed by atoms with E-state index >= 15 is 0 Å². The van der Waals surface area contributed by atoms with Crippen molar-refractivity contribution in [2.24, 2.45) is 0 Å². The molecule has 0 saturated carbocycles. The van der Waals surface area contributed by atoms with Gasteiger partial charge in [0.25, 0.3) is 0 Å². The SMILES string of the molecule is CCOc1nc2ccccc2nc1-c1ccc(-c2nccs2)s1. The molecule has 0 fully saturated rings. The summed E-state index contributed by atoms with van der Waals surface area (Å²) in [4.78, 5) is 15.9. The second kappa shape index (κ2) is 6.06. The summed E-state index contributed by atoms with van der Waals surface area (Å²) in [7, 11) is 0. The maximum atomic E-state index is 5.72. The first-order valence-corrected chi connectivity index (χ1v) is 8.94. The van der Waals surface area contributed by atoms with Crippen molar-refractivity contribution in [3.05, 3.63) is 48.0 Å². The molecule has 0 aliphatic heterocycles. The van der Waals surface area contributed by atoms with Crippen molar-refractivity contribution in [3.8, 4) is 26.3 Å². The zero-order chi connectivity index (χ0) is 15.6. The predicted octanol–water partition coefficient (Wildman–Crippen LogP) is 4.88. The minimum Gasteiger partial charge on any atom is -0.476 e. The van der Waals surface area contributed by atoms with Crippen LogP contribution in [0.1, 0.15) is 6.92 Å². The Bertz CT molecular complexity index is 948. The molecule has 0 unspecified atom stereocenters. The van der Waals surface area contributed by atoms with Gasteiger partial charge < -0.3 is 4.74 Å². The number of hydrogen-bond acceptors (Lipinski definition) is 6. The number of benzene rings is 1. The standard InChI is InChI=1S/C17H13N3OS2/c1-2-21-16-15(19-11-5-3-4-6-12(11)20-16)13-7-8-14(23-13)17-18-9-10-22-17/h3-10H,2H2,1H3. The summed E-state index contributed by atoms with van der Waals surface area (Å²) in [5.74, 6) is 0.582. The van der Waals surface area contributed by atoms with Crippen LogP contribution in [-0.4, -0.2) is 21.6 Å². The van der Waals surface area contributed by atoms with E-state index in [9.17, 15) is 0 Å². The van der Waals surface area contributed by atoms with Crippen molar-refractivity contribution in [1.82, 2.24) is 15.0 Å². The highest BCUT2D eigenvalue weighted by Gasteiger charge is 2.15. The molecule has 6 heteroatoms. The highest BCUT2D eigenvalue weighted by molar-refractivity contribution is 7.23. The van der Waals surface area contributed by atoms with Gasteiger partial charge in [0.05, 0.1) is 27.4 Å². The van der Waals surface area contributed by atoms with Crippen molar-refractivity contribution in [2.45, 2.75) is 6.92 Å². The molecule has 0 aliphatic carbocycles. The van der Waals surface area contributed by atoms with Gasteiger partial charge in [0.15, 0.2) is 0 Å². The number of thiazole rings is 1. The first kappa shape index (κ1) is 14.3. The van der Waals surface area contributed by atoms with E-state index in [1.54, 1.807) is 22.7 Å². The van der Waals surface area contributed by atoms with Crippen LogP contribution >= 0.6 is 22.7 Å². The molecule has 23 heavy (non-hydrogen) atoms. The number of hydrogen-bond donors (Lipinski definition) is 0. The van der Waals surface area contributed by atoms with Gasteiger partial charge in [0, 0.05) is 11.6 Å². The maximum Gasteiger partial charge on any atom is 0.242 e. The van der Waals surface area contributed by atoms with E-state index in [1.807, 2.05) is 42.8 Å². The molecular formula is C17H13N3OS2. The molecule has 0 aliphatic rings. The lowest BCUT2D eigenvalue weighted by Gasteiger charge is -2.08. The Morgan fingerprint density at radius 2 is 1.78 bits per heavy atom. The lowest BCUT2D eigenvalue weighted by atomic mass is 10.2. The highest BCUT2D eigenvalue weighted by atomic mass is 32.1. The molecule has 0 spiro atoms. The van der Waals surface area contributed by atoms with E-state index in [2.05, 4.69) is 22.1 Å². The van der Waals surface area contributed by atoms with Gasteiger partial charge in [-0.3, -0.25) is 0 Å². The van der Waals surface area contributed by atoms with Crippen LogP contribution in [0, 0.1) is 0 Å². The maximum absolute atomic E-state index is 5.72. The van der Waals surface area contributed by atoms with E-state index in [0.717, 1.165) is 31.5 Å². The molecule has 0 radical (unpaired) electrons. The van der Waals surface area contributed by atoms with Gasteiger partial charge in [-0.05, 0) is 31.2 Å². The fourth-order valence-electron chi connectivity index (χ4n) is 2.31. The van der Waals surface area contributed by atoms with Crippen LogP contribution in [0.5, 0.6) is 5.88 Å². The third-order valence-electron chi connectivity index (χ3n) is 3.30. The van der Waals surface area contributed by atoms with Crippen molar-refractivity contribution in [1.29, 1.82) is 0 Å². The Morgan fingerprint density at radius 1 is 1.00 bits per heavy atom. The molecule has 0 N–H and O–H groups in total. The average molecular weight is 339 g/mol. The van der Waals surface area contributed by atoms with Crippen LogP contribution in [0.2, 0.25) is 0 Å². The van der Waals surface area contributed by atoms with Crippen LogP contribution in [0.25, 0.3) is 31.5 Å². The summed E-state index contributed by atoms with van der Waals surface area (Å²) < 4.78 is 5.72. The van der Waals surface area contributed by atoms with Crippen molar-refractivity contribution in [3.63, 3.8) is 0 Å². The summed E-state index contributed by atoms with van der Waals surface area (Å²) in [6, 6.07) is 12.0. The molecule has 0 amide bonds. The molecule has 3 aromatic heterocycles. The molecule has 0 bridgehead atoms. The number of rotatable bonds is 4. The Morgan fingerprint density at radius 3 is 2.52 bits per heavy atom. The van der Waals surface area contributed by atoms with Gasteiger partial charge in [-0.1, -0.05) is 12.1 Å². The summed E-state index contributed by atoms with van der Waals surface area (Å²) in [5, 5.41) is 3.00. The zero-order valence-electron chi connectivity index (χ0n) is 12.4. The van der Waals surface area contributed by atoms with Crippen LogP contribution in [0.4, 0.5) is 0 Å². The van der Waals surface area contributed by atoms with Crippen molar-refractivity contribution >= 4 is 33.7 Å². The quantitative estimate of drug-likeness (QED) is 0.531. The highest BCUT2D eigenvalue weighted by Crippen LogP contribution is 2.38. The number of para-hydroxylation sites is 2. The van der Waals surface area contributed by atoms with Gasteiger partial charge in [-0.2, -0.15) is 0 Å². The molecular weight excluding hydrogens is 326 g/mol. The van der Waals surface area contributed by atoms with Crippen LogP contribution in [-0.2, 0) is 0 Å². The van der Waals surface area contributed by atoms with E-state index < -0.39 is 0 Å². The lowest BCUT2D eigenvalue weighted by Crippen LogP contribution is -1.99. The third kappa shape index (κ3) is 2.71. The summed E-state index contributed by atoms with van der Waals surface area (Å²) in [6.07, 6.45) is 1.82. The largest absolute Gasteiger partial charge is 0.476 e. The van der Waals surface area contributed by atoms with Gasteiger partial charge >= 0.3 is 0 Å². The van der Waals surface area contributed by atoms with Gasteiger partial charge in [-0.25, -0.2) is 15.0 Å². The Balaban J connectivity index is 1.85.